The number of anilines is 3. The molecule has 0 bridgehead atoms. The summed E-state index contributed by atoms with van der Waals surface area (Å²) in [6.07, 6.45) is 3.05. The van der Waals surface area contributed by atoms with Gasteiger partial charge in [-0.1, -0.05) is 55.5 Å². The summed E-state index contributed by atoms with van der Waals surface area (Å²) in [6, 6.07) is 19.5. The predicted molar refractivity (Wildman–Crippen MR) is 139 cm³/mol. The zero-order valence-corrected chi connectivity index (χ0v) is 19.9. The van der Waals surface area contributed by atoms with E-state index < -0.39 is 0 Å². The summed E-state index contributed by atoms with van der Waals surface area (Å²) in [4.78, 5) is 14.4. The lowest BCUT2D eigenvalue weighted by molar-refractivity contribution is 0.706. The van der Waals surface area contributed by atoms with Gasteiger partial charge in [-0.15, -0.1) is 0 Å². The van der Waals surface area contributed by atoms with Crippen molar-refractivity contribution in [1.29, 1.82) is 0 Å². The highest BCUT2D eigenvalue weighted by molar-refractivity contribution is 7.80. The van der Waals surface area contributed by atoms with Crippen molar-refractivity contribution in [2.45, 2.75) is 39.3 Å². The smallest absolute Gasteiger partial charge is 0.232 e. The normalized spacial score (nSPS) is 14.9. The molecule has 3 aromatic rings. The van der Waals surface area contributed by atoms with Crippen molar-refractivity contribution in [3.63, 3.8) is 0 Å². The van der Waals surface area contributed by atoms with Gasteiger partial charge in [0.05, 0.1) is 0 Å². The summed E-state index contributed by atoms with van der Waals surface area (Å²) in [7, 11) is 0. The summed E-state index contributed by atoms with van der Waals surface area (Å²) in [6.45, 7) is 6.53. The van der Waals surface area contributed by atoms with Gasteiger partial charge in [0, 0.05) is 38.8 Å². The average molecular weight is 459 g/mol. The molecule has 0 saturated carbocycles. The van der Waals surface area contributed by atoms with Crippen LogP contribution in [0.15, 0.2) is 54.6 Å². The fourth-order valence-electron chi connectivity index (χ4n) is 4.57. The number of hydrogen-bond donors (Lipinski definition) is 2. The first kappa shape index (κ1) is 21.6. The first-order chi connectivity index (χ1) is 16.2. The van der Waals surface area contributed by atoms with Crippen molar-refractivity contribution in [2.75, 3.05) is 34.8 Å². The molecular weight excluding hydrogens is 428 g/mol. The number of thiocarbonyl (C=S) groups is 1. The van der Waals surface area contributed by atoms with Crippen LogP contribution in [0, 0.1) is 0 Å². The molecule has 5 rings (SSSR count). The van der Waals surface area contributed by atoms with Crippen molar-refractivity contribution >= 4 is 34.9 Å². The number of benzene rings is 2. The van der Waals surface area contributed by atoms with Gasteiger partial charge in [0.1, 0.15) is 11.6 Å². The average Bonchev–Trinajstić information content (AvgIpc) is 2.86. The van der Waals surface area contributed by atoms with E-state index in [1.165, 1.54) is 22.3 Å². The summed E-state index contributed by atoms with van der Waals surface area (Å²) in [5.41, 5.74) is 5.59. The molecular formula is C26H30N6S. The number of hydrogen-bond acceptors (Lipinski definition) is 5. The third-order valence-electron chi connectivity index (χ3n) is 6.37. The molecule has 2 aliphatic heterocycles. The van der Waals surface area contributed by atoms with E-state index >= 15 is 0 Å². The van der Waals surface area contributed by atoms with E-state index in [0.717, 1.165) is 63.6 Å². The third kappa shape index (κ3) is 4.93. The Labute approximate surface area is 201 Å². The van der Waals surface area contributed by atoms with E-state index in [9.17, 15) is 0 Å². The maximum Gasteiger partial charge on any atom is 0.232 e. The molecule has 0 fully saturated rings. The van der Waals surface area contributed by atoms with Crippen molar-refractivity contribution in [1.82, 2.24) is 15.3 Å². The van der Waals surface area contributed by atoms with Crippen LogP contribution in [0.5, 0.6) is 0 Å². The second-order valence-electron chi connectivity index (χ2n) is 8.67. The molecule has 33 heavy (non-hydrogen) atoms. The van der Waals surface area contributed by atoms with Gasteiger partial charge in [0.15, 0.2) is 5.11 Å². The van der Waals surface area contributed by atoms with E-state index in [1.54, 1.807) is 0 Å². The van der Waals surface area contributed by atoms with Crippen LogP contribution in [-0.4, -0.2) is 34.7 Å². The highest BCUT2D eigenvalue weighted by atomic mass is 32.1. The fraction of sp³-hybridized carbons (Fsp3) is 0.346. The lowest BCUT2D eigenvalue weighted by atomic mass is 9.99. The molecule has 6 nitrogen and oxygen atoms in total. The van der Waals surface area contributed by atoms with E-state index in [2.05, 4.69) is 82.0 Å². The van der Waals surface area contributed by atoms with Crippen molar-refractivity contribution < 1.29 is 0 Å². The molecule has 2 aromatic carbocycles. The topological polar surface area (TPSA) is 56.3 Å². The molecule has 2 aliphatic rings. The number of rotatable bonds is 5. The highest BCUT2D eigenvalue weighted by Crippen LogP contribution is 2.29. The molecule has 0 spiro atoms. The van der Waals surface area contributed by atoms with Crippen LogP contribution in [0.1, 0.15) is 35.6 Å². The van der Waals surface area contributed by atoms with E-state index in [-0.39, 0.29) is 0 Å². The van der Waals surface area contributed by atoms with E-state index in [4.69, 9.17) is 22.2 Å². The largest absolute Gasteiger partial charge is 0.362 e. The predicted octanol–water partition coefficient (Wildman–Crippen LogP) is 4.30. The number of aromatic nitrogens is 2. The minimum Gasteiger partial charge on any atom is -0.362 e. The SMILES string of the molecule is CCCNC(=S)Nc1nc(N2CCc3ccccc3C2)cc(N2CCc3ccccc3C2)n1. The van der Waals surface area contributed by atoms with Crippen molar-refractivity contribution in [3.8, 4) is 0 Å². The van der Waals surface area contributed by atoms with Crippen molar-refractivity contribution in [2.24, 2.45) is 0 Å². The molecule has 0 atom stereocenters. The Morgan fingerprint density at radius 3 is 1.88 bits per heavy atom. The van der Waals surface area contributed by atoms with Gasteiger partial charge in [0.2, 0.25) is 5.95 Å². The van der Waals surface area contributed by atoms with Crippen LogP contribution in [-0.2, 0) is 25.9 Å². The van der Waals surface area contributed by atoms with Gasteiger partial charge < -0.3 is 20.4 Å². The van der Waals surface area contributed by atoms with Crippen LogP contribution in [0.3, 0.4) is 0 Å². The van der Waals surface area contributed by atoms with Gasteiger partial charge in [-0.3, -0.25) is 0 Å². The maximum absolute atomic E-state index is 5.48. The van der Waals surface area contributed by atoms with Crippen LogP contribution in [0.25, 0.3) is 0 Å². The van der Waals surface area contributed by atoms with Crippen LogP contribution in [0.4, 0.5) is 17.6 Å². The standard InChI is InChI=1S/C26H30N6S/c1-2-13-27-26(33)30-25-28-23(31-14-11-19-7-3-5-9-21(19)17-31)16-24(29-25)32-15-12-20-8-4-6-10-22(20)18-32/h3-10,16H,2,11-15,17-18H2,1H3,(H2,27,28,29,30,33). The molecule has 170 valence electrons. The Morgan fingerprint density at radius 2 is 1.36 bits per heavy atom. The number of fused-ring (bicyclic) bond motifs is 2. The minimum absolute atomic E-state index is 0.550. The first-order valence-corrected chi connectivity index (χ1v) is 12.2. The third-order valence-corrected chi connectivity index (χ3v) is 6.62. The van der Waals surface area contributed by atoms with Crippen LogP contribution in [0.2, 0.25) is 0 Å². The maximum atomic E-state index is 5.48. The summed E-state index contributed by atoms with van der Waals surface area (Å²) in [5, 5.41) is 7.00. The molecule has 0 unspecified atom stereocenters. The molecule has 0 amide bonds. The molecule has 0 aliphatic carbocycles. The quantitative estimate of drug-likeness (QED) is 0.553. The van der Waals surface area contributed by atoms with Crippen LogP contribution >= 0.6 is 12.2 Å². The Bertz CT molecular complexity index is 1070. The number of nitrogens with zero attached hydrogens (tertiary/aromatic N) is 4. The lowest BCUT2D eigenvalue weighted by Crippen LogP contribution is -2.34. The minimum atomic E-state index is 0.550. The van der Waals surface area contributed by atoms with E-state index in [1.807, 2.05) is 0 Å². The Balaban J connectivity index is 1.44. The second-order valence-corrected chi connectivity index (χ2v) is 9.08. The Morgan fingerprint density at radius 1 is 0.848 bits per heavy atom. The fourth-order valence-corrected chi connectivity index (χ4v) is 4.76. The van der Waals surface area contributed by atoms with Gasteiger partial charge >= 0.3 is 0 Å². The highest BCUT2D eigenvalue weighted by Gasteiger charge is 2.22. The Hall–Kier alpha value is -3.19. The summed E-state index contributed by atoms with van der Waals surface area (Å²) >= 11 is 5.48. The van der Waals surface area contributed by atoms with Gasteiger partial charge in [0.25, 0.3) is 0 Å². The monoisotopic (exact) mass is 458 g/mol. The zero-order valence-electron chi connectivity index (χ0n) is 19.1. The molecule has 1 aromatic heterocycles. The van der Waals surface area contributed by atoms with Crippen LogP contribution < -0.4 is 20.4 Å². The zero-order chi connectivity index (χ0) is 22.6. The molecule has 7 heteroatoms. The molecule has 3 heterocycles. The summed E-state index contributed by atoms with van der Waals surface area (Å²) < 4.78 is 0. The lowest BCUT2D eigenvalue weighted by Gasteiger charge is -2.33. The van der Waals surface area contributed by atoms with E-state index in [0.29, 0.717) is 11.1 Å². The van der Waals surface area contributed by atoms with Crippen molar-refractivity contribution in [3.05, 3.63) is 76.9 Å². The van der Waals surface area contributed by atoms with Gasteiger partial charge in [-0.2, -0.15) is 9.97 Å². The molecule has 2 N–H and O–H groups in total. The second kappa shape index (κ2) is 9.75. The van der Waals surface area contributed by atoms with Gasteiger partial charge in [-0.25, -0.2) is 0 Å². The molecule has 0 saturated heterocycles. The molecule has 0 radical (unpaired) electrons. The van der Waals surface area contributed by atoms with Gasteiger partial charge in [-0.05, 0) is 53.7 Å². The Kier molecular flexibility index (Phi) is 6.39. The number of nitrogens with one attached hydrogen (secondary N) is 2. The first-order valence-electron chi connectivity index (χ1n) is 11.8. The summed E-state index contributed by atoms with van der Waals surface area (Å²) in [5.74, 6) is 2.43.